The maximum Gasteiger partial charge on any atom is 0.0672 e. The fraction of sp³-hybridized carbons (Fsp3) is 0.208. The van der Waals surface area contributed by atoms with Gasteiger partial charge in [0.15, 0.2) is 0 Å². The lowest BCUT2D eigenvalue weighted by Gasteiger charge is -2.23. The van der Waals surface area contributed by atoms with E-state index in [0.29, 0.717) is 0 Å². The molecule has 2 aliphatic rings. The van der Waals surface area contributed by atoms with E-state index in [0.717, 1.165) is 28.3 Å². The first-order chi connectivity index (χ1) is 12.5. The van der Waals surface area contributed by atoms with Gasteiger partial charge in [-0.2, -0.15) is 0 Å². The summed E-state index contributed by atoms with van der Waals surface area (Å²) in [4.78, 5) is 7.04. The number of benzene rings is 1. The molecule has 26 heavy (non-hydrogen) atoms. The van der Waals surface area contributed by atoms with E-state index in [1.807, 2.05) is 0 Å². The van der Waals surface area contributed by atoms with E-state index < -0.39 is 0 Å². The lowest BCUT2D eigenvalue weighted by Crippen LogP contribution is -2.30. The largest absolute Gasteiger partial charge is 0.347 e. The third-order valence-electron chi connectivity index (χ3n) is 5.36. The molecule has 0 saturated carbocycles. The summed E-state index contributed by atoms with van der Waals surface area (Å²) >= 11 is 0. The molecule has 2 aromatic rings. The second-order valence-corrected chi connectivity index (χ2v) is 7.53. The first-order valence-corrected chi connectivity index (χ1v) is 9.06. The Labute approximate surface area is 155 Å². The highest BCUT2D eigenvalue weighted by atomic mass is 15.2. The number of allylic oxidation sites excluding steroid dienone is 4. The lowest BCUT2D eigenvalue weighted by atomic mass is 9.84. The fourth-order valence-corrected chi connectivity index (χ4v) is 3.93. The highest BCUT2D eigenvalue weighted by Crippen LogP contribution is 2.46. The zero-order valence-electron chi connectivity index (χ0n) is 15.7. The molecular formula is C24H24N2. The number of fused-ring (bicyclic) bond motifs is 2. The number of aromatic nitrogens is 1. The van der Waals surface area contributed by atoms with Crippen molar-refractivity contribution in [3.05, 3.63) is 88.2 Å². The van der Waals surface area contributed by atoms with Crippen molar-refractivity contribution in [1.29, 1.82) is 0 Å². The van der Waals surface area contributed by atoms with Crippen molar-refractivity contribution < 1.29 is 0 Å². The quantitative estimate of drug-likeness (QED) is 0.823. The molecule has 0 radical (unpaired) electrons. The maximum absolute atomic E-state index is 4.75. The summed E-state index contributed by atoms with van der Waals surface area (Å²) in [5, 5.41) is 2.21. The van der Waals surface area contributed by atoms with Crippen molar-refractivity contribution in [3.8, 4) is 0 Å². The van der Waals surface area contributed by atoms with Crippen LogP contribution in [0.25, 0.3) is 18.2 Å². The van der Waals surface area contributed by atoms with Gasteiger partial charge in [-0.1, -0.05) is 62.4 Å². The number of para-hydroxylation sites is 1. The van der Waals surface area contributed by atoms with Gasteiger partial charge in [0.05, 0.1) is 11.0 Å². The molecule has 0 N–H and O–H groups in total. The minimum Gasteiger partial charge on any atom is -0.347 e. The summed E-state index contributed by atoms with van der Waals surface area (Å²) < 4.78 is 0. The average molecular weight is 340 g/mol. The van der Waals surface area contributed by atoms with E-state index in [9.17, 15) is 0 Å². The van der Waals surface area contributed by atoms with Crippen LogP contribution >= 0.6 is 0 Å². The van der Waals surface area contributed by atoms with Gasteiger partial charge in [0.25, 0.3) is 0 Å². The summed E-state index contributed by atoms with van der Waals surface area (Å²) in [6.07, 6.45) is 11.5. The lowest BCUT2D eigenvalue weighted by molar-refractivity contribution is 0.640. The van der Waals surface area contributed by atoms with Crippen molar-refractivity contribution in [2.75, 3.05) is 11.9 Å². The third-order valence-corrected chi connectivity index (χ3v) is 5.36. The fourth-order valence-electron chi connectivity index (χ4n) is 3.93. The van der Waals surface area contributed by atoms with Gasteiger partial charge in [0.1, 0.15) is 0 Å². The van der Waals surface area contributed by atoms with Crippen molar-refractivity contribution in [2.24, 2.45) is 0 Å². The molecule has 0 saturated heterocycles. The predicted octanol–water partition coefficient (Wildman–Crippen LogP) is 3.93. The van der Waals surface area contributed by atoms with E-state index >= 15 is 0 Å². The van der Waals surface area contributed by atoms with Crippen LogP contribution in [0.3, 0.4) is 0 Å². The second kappa shape index (κ2) is 6.14. The van der Waals surface area contributed by atoms with Gasteiger partial charge in [-0.25, -0.2) is 4.98 Å². The van der Waals surface area contributed by atoms with Gasteiger partial charge in [-0.3, -0.25) is 0 Å². The standard InChI is InChI=1S/C24H24N2/c1-17-12-15-21-18(16-17)13-14-19(25-21)8-7-11-23-24(2,3)20-9-5-6-10-22(20)26(23)4/h5-11,13-16H,1,12H2,2-4H3. The number of hydrogen-bond acceptors (Lipinski definition) is 2. The van der Waals surface area contributed by atoms with Crippen molar-refractivity contribution >= 4 is 23.9 Å². The number of hydrogen-bond donors (Lipinski definition) is 0. The van der Waals surface area contributed by atoms with Crippen LogP contribution in [0.4, 0.5) is 5.69 Å². The van der Waals surface area contributed by atoms with Gasteiger partial charge >= 0.3 is 0 Å². The van der Waals surface area contributed by atoms with Crippen LogP contribution in [0.1, 0.15) is 31.5 Å². The van der Waals surface area contributed by atoms with Crippen LogP contribution < -0.4 is 15.5 Å². The van der Waals surface area contributed by atoms with Crippen LogP contribution in [-0.4, -0.2) is 12.0 Å². The summed E-state index contributed by atoms with van der Waals surface area (Å²) in [6.45, 7) is 8.59. The average Bonchev–Trinajstić information content (AvgIpc) is 2.83. The Morgan fingerprint density at radius 2 is 1.96 bits per heavy atom. The van der Waals surface area contributed by atoms with E-state index in [2.05, 4.69) is 99.2 Å². The minimum absolute atomic E-state index is 0.00205. The third kappa shape index (κ3) is 2.72. The molecule has 1 aliphatic carbocycles. The SMILES string of the molecule is C=C1C=c2ccc(C=CC=C3N(C)c4ccccc4C3(C)C)nc2=CC1. The Morgan fingerprint density at radius 3 is 2.77 bits per heavy atom. The van der Waals surface area contributed by atoms with Crippen molar-refractivity contribution in [3.63, 3.8) is 0 Å². The first kappa shape index (κ1) is 16.6. The number of rotatable bonds is 2. The van der Waals surface area contributed by atoms with Crippen LogP contribution in [0.5, 0.6) is 0 Å². The van der Waals surface area contributed by atoms with Crippen LogP contribution in [-0.2, 0) is 5.41 Å². The van der Waals surface area contributed by atoms with E-state index in [-0.39, 0.29) is 5.41 Å². The Hall–Kier alpha value is -2.87. The van der Waals surface area contributed by atoms with Crippen LogP contribution in [0.2, 0.25) is 0 Å². The number of pyridine rings is 1. The molecule has 4 rings (SSSR count). The summed E-state index contributed by atoms with van der Waals surface area (Å²) in [5.74, 6) is 0. The predicted molar refractivity (Wildman–Crippen MR) is 111 cm³/mol. The Balaban J connectivity index is 1.65. The van der Waals surface area contributed by atoms with Crippen molar-refractivity contribution in [2.45, 2.75) is 25.7 Å². The molecule has 2 heterocycles. The minimum atomic E-state index is 0.00205. The first-order valence-electron chi connectivity index (χ1n) is 9.06. The van der Waals surface area contributed by atoms with E-state index in [4.69, 9.17) is 4.98 Å². The molecule has 0 atom stereocenters. The van der Waals surface area contributed by atoms with E-state index in [1.54, 1.807) is 0 Å². The second-order valence-electron chi connectivity index (χ2n) is 7.53. The van der Waals surface area contributed by atoms with Gasteiger partial charge in [0, 0.05) is 29.1 Å². The number of nitrogens with zero attached hydrogens (tertiary/aromatic N) is 2. The van der Waals surface area contributed by atoms with Crippen LogP contribution in [0, 0.1) is 0 Å². The topological polar surface area (TPSA) is 16.1 Å². The molecular weight excluding hydrogens is 316 g/mol. The molecule has 0 fully saturated rings. The molecule has 1 aromatic carbocycles. The normalized spacial score (nSPS) is 19.3. The molecule has 0 bridgehead atoms. The molecule has 1 aromatic heterocycles. The zero-order valence-corrected chi connectivity index (χ0v) is 15.7. The highest BCUT2D eigenvalue weighted by Gasteiger charge is 2.37. The molecule has 2 nitrogen and oxygen atoms in total. The molecule has 1 aliphatic heterocycles. The Kier molecular flexibility index (Phi) is 3.91. The van der Waals surface area contributed by atoms with Crippen molar-refractivity contribution in [1.82, 2.24) is 4.98 Å². The maximum atomic E-state index is 4.75. The summed E-state index contributed by atoms with van der Waals surface area (Å²) in [6, 6.07) is 12.8. The highest BCUT2D eigenvalue weighted by molar-refractivity contribution is 5.70. The van der Waals surface area contributed by atoms with E-state index in [1.165, 1.54) is 16.9 Å². The van der Waals surface area contributed by atoms with Crippen LogP contribution in [0.15, 0.2) is 66.4 Å². The zero-order chi connectivity index (χ0) is 18.3. The Morgan fingerprint density at radius 1 is 1.15 bits per heavy atom. The molecule has 0 spiro atoms. The summed E-state index contributed by atoms with van der Waals surface area (Å²) in [7, 11) is 2.14. The molecule has 130 valence electrons. The smallest absolute Gasteiger partial charge is 0.0672 e. The number of anilines is 1. The molecule has 0 amide bonds. The van der Waals surface area contributed by atoms with Gasteiger partial charge in [0.2, 0.25) is 0 Å². The number of likely N-dealkylation sites (N-methyl/N-ethyl adjacent to an activating group) is 1. The molecule has 0 unspecified atom stereocenters. The van der Waals surface area contributed by atoms with Gasteiger partial charge < -0.3 is 4.90 Å². The van der Waals surface area contributed by atoms with Gasteiger partial charge in [-0.15, -0.1) is 0 Å². The monoisotopic (exact) mass is 340 g/mol. The summed E-state index contributed by atoms with van der Waals surface area (Å²) in [5.41, 5.74) is 6.08. The molecule has 2 heteroatoms. The Bertz CT molecular complexity index is 1070. The van der Waals surface area contributed by atoms with Gasteiger partial charge in [-0.05, 0) is 42.3 Å².